The number of amides is 1. The van der Waals surface area contributed by atoms with Crippen molar-refractivity contribution in [3.8, 4) is 0 Å². The van der Waals surface area contributed by atoms with Crippen LogP contribution in [0.2, 0.25) is 0 Å². The molecule has 5 heterocycles. The second-order valence-corrected chi connectivity index (χ2v) is 10.7. The molecule has 6 rings (SSSR count). The summed E-state index contributed by atoms with van der Waals surface area (Å²) in [4.78, 5) is 18.3. The summed E-state index contributed by atoms with van der Waals surface area (Å²) < 4.78 is 28.0. The van der Waals surface area contributed by atoms with Crippen LogP contribution >= 0.6 is 11.3 Å². The average molecular weight is 434 g/mol. The molecule has 1 amide bonds. The zero-order chi connectivity index (χ0) is 21.1. The zero-order valence-electron chi connectivity index (χ0n) is 17.6. The van der Waals surface area contributed by atoms with Crippen molar-refractivity contribution >= 4 is 33.0 Å². The maximum Gasteiger partial charge on any atom is 0.261 e. The molecule has 4 fully saturated rings. The largest absolute Gasteiger partial charge is 0.371 e. The average Bonchev–Trinajstić information content (AvgIpc) is 3.14. The molecule has 2 bridgehead atoms. The third kappa shape index (κ3) is 3.50. The van der Waals surface area contributed by atoms with Crippen molar-refractivity contribution in [1.82, 2.24) is 10.2 Å². The summed E-state index contributed by atoms with van der Waals surface area (Å²) in [6, 6.07) is 8.15. The molecule has 1 aromatic heterocycles. The second kappa shape index (κ2) is 7.16. The lowest BCUT2D eigenvalue weighted by molar-refractivity contribution is -0.0377. The summed E-state index contributed by atoms with van der Waals surface area (Å²) in [5, 5.41) is 4.37. The Kier molecular flexibility index (Phi) is 4.82. The molecule has 4 saturated heterocycles. The van der Waals surface area contributed by atoms with E-state index < -0.39 is 5.92 Å². The van der Waals surface area contributed by atoms with Crippen LogP contribution in [0.25, 0.3) is 10.1 Å². The normalized spacial score (nSPS) is 29.9. The van der Waals surface area contributed by atoms with Gasteiger partial charge in [0, 0.05) is 47.9 Å². The van der Waals surface area contributed by atoms with Crippen LogP contribution in [0.3, 0.4) is 0 Å². The van der Waals surface area contributed by atoms with E-state index in [4.69, 9.17) is 0 Å². The third-order valence-corrected chi connectivity index (χ3v) is 8.56. The maximum absolute atomic E-state index is 13.5. The number of halogens is 2. The fourth-order valence-electron chi connectivity index (χ4n) is 5.51. The van der Waals surface area contributed by atoms with Gasteiger partial charge in [-0.25, -0.2) is 8.78 Å². The lowest BCUT2D eigenvalue weighted by atomic mass is 9.72. The Balaban J connectivity index is 1.33. The minimum absolute atomic E-state index is 0.00203. The summed E-state index contributed by atoms with van der Waals surface area (Å²) in [5.41, 5.74) is 0.946. The van der Waals surface area contributed by atoms with Gasteiger partial charge < -0.3 is 10.2 Å². The molecule has 0 spiro atoms. The number of rotatable bonds is 3. The molecule has 0 unspecified atom stereocenters. The first-order valence-electron chi connectivity index (χ1n) is 11.0. The van der Waals surface area contributed by atoms with Gasteiger partial charge >= 0.3 is 0 Å². The predicted molar refractivity (Wildman–Crippen MR) is 118 cm³/mol. The van der Waals surface area contributed by atoms with Crippen LogP contribution in [0, 0.1) is 5.92 Å². The van der Waals surface area contributed by atoms with E-state index in [2.05, 4.69) is 24.1 Å². The van der Waals surface area contributed by atoms with Crippen molar-refractivity contribution in [2.45, 2.75) is 57.0 Å². The third-order valence-electron chi connectivity index (χ3n) is 7.46. The molecule has 1 N–H and O–H groups in total. The van der Waals surface area contributed by atoms with E-state index in [9.17, 15) is 13.6 Å². The van der Waals surface area contributed by atoms with Crippen LogP contribution in [0.15, 0.2) is 24.3 Å². The number of anilines is 1. The molecular formula is C23H29F2N3OS. The highest BCUT2D eigenvalue weighted by Gasteiger charge is 2.48. The summed E-state index contributed by atoms with van der Waals surface area (Å²) in [6.45, 7) is 7.46. The number of carbonyl (C=O) groups excluding carboxylic acids is 1. The fraction of sp³-hybridized carbons (Fsp3) is 0.609. The standard InChI is InChI=1S/C23H29F2N3OS/c1-22(2)20(15-5-9-28(22)10-6-15)26-21(29)19-13-16-3-4-17(14-18(16)30-19)27-11-7-23(24,25)8-12-27/h3-4,13-15,20H,5-12H2,1-2H3,(H,26,29)/t20-/m0/s1. The van der Waals surface area contributed by atoms with E-state index in [1.54, 1.807) is 0 Å². The number of hydrogen-bond donors (Lipinski definition) is 1. The number of alkyl halides is 2. The molecule has 7 heteroatoms. The van der Waals surface area contributed by atoms with E-state index >= 15 is 0 Å². The molecule has 1 aromatic carbocycles. The van der Waals surface area contributed by atoms with E-state index in [-0.39, 0.29) is 30.3 Å². The predicted octanol–water partition coefficient (Wildman–Crippen LogP) is 4.74. The summed E-state index contributed by atoms with van der Waals surface area (Å²) in [5.74, 6) is -1.99. The molecule has 4 aliphatic heterocycles. The Bertz CT molecular complexity index is 955. The Morgan fingerprint density at radius 2 is 1.80 bits per heavy atom. The molecule has 0 saturated carbocycles. The van der Waals surface area contributed by atoms with Crippen LogP contribution < -0.4 is 10.2 Å². The monoisotopic (exact) mass is 433 g/mol. The molecule has 4 aliphatic rings. The van der Waals surface area contributed by atoms with E-state index in [1.807, 2.05) is 29.2 Å². The van der Waals surface area contributed by atoms with Gasteiger partial charge in [0.25, 0.3) is 11.8 Å². The lowest BCUT2D eigenvalue weighted by Crippen LogP contribution is -2.69. The number of hydrogen-bond acceptors (Lipinski definition) is 4. The first-order chi connectivity index (χ1) is 14.2. The van der Waals surface area contributed by atoms with E-state index in [0.717, 1.165) is 46.6 Å². The highest BCUT2D eigenvalue weighted by Crippen LogP contribution is 2.39. The van der Waals surface area contributed by atoms with Crippen molar-refractivity contribution in [2.75, 3.05) is 31.1 Å². The van der Waals surface area contributed by atoms with Gasteiger partial charge in [-0.05, 0) is 69.3 Å². The molecular weight excluding hydrogens is 404 g/mol. The van der Waals surface area contributed by atoms with Gasteiger partial charge in [0.1, 0.15) is 0 Å². The minimum Gasteiger partial charge on any atom is -0.371 e. The Morgan fingerprint density at radius 3 is 2.47 bits per heavy atom. The lowest BCUT2D eigenvalue weighted by Gasteiger charge is -2.56. The molecule has 2 aromatic rings. The fourth-order valence-corrected chi connectivity index (χ4v) is 6.51. The van der Waals surface area contributed by atoms with Crippen LogP contribution in [-0.4, -0.2) is 54.5 Å². The highest BCUT2D eigenvalue weighted by atomic mass is 32.1. The number of carbonyl (C=O) groups is 1. The van der Waals surface area contributed by atoms with E-state index in [1.165, 1.54) is 11.3 Å². The van der Waals surface area contributed by atoms with Gasteiger partial charge in [-0.3, -0.25) is 9.69 Å². The first kappa shape index (κ1) is 20.2. The van der Waals surface area contributed by atoms with Crippen LogP contribution in [0.5, 0.6) is 0 Å². The molecule has 1 atom stereocenters. The van der Waals surface area contributed by atoms with E-state index in [0.29, 0.717) is 19.0 Å². The number of piperidine rings is 4. The van der Waals surface area contributed by atoms with Crippen molar-refractivity contribution < 1.29 is 13.6 Å². The summed E-state index contributed by atoms with van der Waals surface area (Å²) in [6.07, 6.45) is 2.11. The molecule has 0 aliphatic carbocycles. The van der Waals surface area contributed by atoms with Crippen molar-refractivity contribution in [3.63, 3.8) is 0 Å². The Hall–Kier alpha value is -1.73. The minimum atomic E-state index is -2.54. The van der Waals surface area contributed by atoms with Crippen molar-refractivity contribution in [1.29, 1.82) is 0 Å². The number of nitrogens with one attached hydrogen (secondary N) is 1. The first-order valence-corrected chi connectivity index (χ1v) is 11.8. The van der Waals surface area contributed by atoms with Gasteiger partial charge in [-0.15, -0.1) is 11.3 Å². The van der Waals surface area contributed by atoms with Gasteiger partial charge in [-0.2, -0.15) is 0 Å². The van der Waals surface area contributed by atoms with Crippen LogP contribution in [0.1, 0.15) is 49.2 Å². The number of benzene rings is 1. The molecule has 4 nitrogen and oxygen atoms in total. The van der Waals surface area contributed by atoms with Crippen LogP contribution in [-0.2, 0) is 0 Å². The molecule has 0 radical (unpaired) electrons. The Morgan fingerprint density at radius 1 is 1.10 bits per heavy atom. The summed E-state index contributed by atoms with van der Waals surface area (Å²) >= 11 is 1.49. The topological polar surface area (TPSA) is 35.6 Å². The zero-order valence-corrected chi connectivity index (χ0v) is 18.4. The van der Waals surface area contributed by atoms with Gasteiger partial charge in [0.05, 0.1) is 4.88 Å². The highest BCUT2D eigenvalue weighted by molar-refractivity contribution is 7.20. The van der Waals surface area contributed by atoms with Gasteiger partial charge in [-0.1, -0.05) is 6.07 Å². The Labute approximate surface area is 180 Å². The quantitative estimate of drug-likeness (QED) is 0.760. The number of fused-ring (bicyclic) bond motifs is 4. The molecule has 162 valence electrons. The number of nitrogens with zero attached hydrogens (tertiary/aromatic N) is 2. The van der Waals surface area contributed by atoms with Gasteiger partial charge in [0.15, 0.2) is 0 Å². The smallest absolute Gasteiger partial charge is 0.261 e. The molecule has 30 heavy (non-hydrogen) atoms. The van der Waals surface area contributed by atoms with Crippen molar-refractivity contribution in [3.05, 3.63) is 29.1 Å². The van der Waals surface area contributed by atoms with Gasteiger partial charge in [0.2, 0.25) is 0 Å². The second-order valence-electron chi connectivity index (χ2n) is 9.61. The van der Waals surface area contributed by atoms with Crippen molar-refractivity contribution in [2.24, 2.45) is 5.92 Å². The van der Waals surface area contributed by atoms with Crippen LogP contribution in [0.4, 0.5) is 14.5 Å². The maximum atomic E-state index is 13.5. The number of thiophene rings is 1. The summed E-state index contributed by atoms with van der Waals surface area (Å²) in [7, 11) is 0. The SMILES string of the molecule is CC1(C)[C@@H](NC(=O)c2cc3ccc(N4CCC(F)(F)CC4)cc3s2)C2CCN1CC2.